The lowest BCUT2D eigenvalue weighted by Crippen LogP contribution is -2.33. The van der Waals surface area contributed by atoms with Crippen LogP contribution in [0.2, 0.25) is 10.0 Å². The third-order valence-electron chi connectivity index (χ3n) is 5.07. The lowest BCUT2D eigenvalue weighted by Gasteiger charge is -2.22. The number of sulfonamides is 2. The summed E-state index contributed by atoms with van der Waals surface area (Å²) in [5.41, 5.74) is 11.2. The Hall–Kier alpha value is -3.36. The number of benzene rings is 3. The Labute approximate surface area is 229 Å². The van der Waals surface area contributed by atoms with Crippen molar-refractivity contribution in [3.63, 3.8) is 0 Å². The molecule has 15 heteroatoms. The van der Waals surface area contributed by atoms with E-state index in [0.29, 0.717) is 4.41 Å². The first-order valence-corrected chi connectivity index (χ1v) is 14.6. The molecule has 0 saturated carbocycles. The molecule has 0 heterocycles. The number of carbonyl (C=O) groups is 1. The third-order valence-corrected chi connectivity index (χ3v) is 8.70. The molecule has 0 fully saturated rings. The molecule has 0 aromatic heterocycles. The molecule has 3 aromatic rings. The first kappa shape index (κ1) is 29.2. The van der Waals surface area contributed by atoms with Crippen LogP contribution >= 0.6 is 23.2 Å². The van der Waals surface area contributed by atoms with Gasteiger partial charge in [-0.1, -0.05) is 59.6 Å². The molecular weight excluding hydrogens is 577 g/mol. The normalized spacial score (nSPS) is 12.5. The molecule has 1 atom stereocenters. The van der Waals surface area contributed by atoms with Crippen LogP contribution in [0.3, 0.4) is 0 Å². The van der Waals surface area contributed by atoms with Crippen LogP contribution in [0.5, 0.6) is 0 Å². The van der Waals surface area contributed by atoms with Crippen molar-refractivity contribution in [2.45, 2.75) is 23.1 Å². The number of nitrogens with one attached hydrogen (secondary N) is 1. The van der Waals surface area contributed by atoms with Crippen LogP contribution in [0.15, 0.2) is 82.8 Å². The fraction of sp³-hybridized carbons (Fsp3) is 0.130. The van der Waals surface area contributed by atoms with E-state index in [1.807, 2.05) is 0 Å². The first-order valence-electron chi connectivity index (χ1n) is 10.7. The summed E-state index contributed by atoms with van der Waals surface area (Å²) in [7, 11) is -8.48. The van der Waals surface area contributed by atoms with Gasteiger partial charge in [0, 0.05) is 15.6 Å². The van der Waals surface area contributed by atoms with Crippen molar-refractivity contribution in [1.82, 2.24) is 4.72 Å². The summed E-state index contributed by atoms with van der Waals surface area (Å²) in [4.78, 5) is 11.5. The Morgan fingerprint density at radius 3 is 2.13 bits per heavy atom. The quantitative estimate of drug-likeness (QED) is 0.147. The maximum absolute atomic E-state index is 13.3. The molecule has 11 nitrogen and oxygen atoms in total. The number of anilines is 1. The maximum atomic E-state index is 13.3. The van der Waals surface area contributed by atoms with Crippen LogP contribution in [0.1, 0.15) is 23.6 Å². The predicted octanol–water partition coefficient (Wildman–Crippen LogP) is 3.01. The molecule has 0 amide bonds. The number of nitrogens with zero attached hydrogens (tertiary/aromatic N) is 2. The van der Waals surface area contributed by atoms with E-state index in [1.165, 1.54) is 60.7 Å². The summed E-state index contributed by atoms with van der Waals surface area (Å²) < 4.78 is 55.5. The Balaban J connectivity index is 2.03. The van der Waals surface area contributed by atoms with E-state index in [9.17, 15) is 26.7 Å². The second-order valence-electron chi connectivity index (χ2n) is 7.91. The monoisotopic (exact) mass is 599 g/mol. The highest BCUT2D eigenvalue weighted by molar-refractivity contribution is 7.92. The summed E-state index contributed by atoms with van der Waals surface area (Å²) in [6.07, 6.45) is -0.660. The molecule has 0 radical (unpaired) electrons. The summed E-state index contributed by atoms with van der Waals surface area (Å²) in [6, 6.07) is 16.0. The molecule has 202 valence electrons. The van der Waals surface area contributed by atoms with Gasteiger partial charge in [0.1, 0.15) is 0 Å². The lowest BCUT2D eigenvalue weighted by atomic mass is 10.0. The van der Waals surface area contributed by atoms with Crippen molar-refractivity contribution in [1.29, 1.82) is 0 Å². The SMILES string of the molecule is NC(N)=NN(c1cccc(C(CC(=O)O)NS(=O)(=O)Cc2c(Cl)cccc2Cl)c1)S(=O)(=O)c1ccccc1. The highest BCUT2D eigenvalue weighted by Gasteiger charge is 2.28. The van der Waals surface area contributed by atoms with Gasteiger partial charge in [-0.15, -0.1) is 5.10 Å². The minimum atomic E-state index is -4.30. The average molecular weight is 601 g/mol. The van der Waals surface area contributed by atoms with Crippen LogP contribution in [-0.2, 0) is 30.6 Å². The van der Waals surface area contributed by atoms with Gasteiger partial charge in [0.05, 0.1) is 28.8 Å². The number of rotatable bonds is 11. The summed E-state index contributed by atoms with van der Waals surface area (Å²) in [5.74, 6) is -2.49. The van der Waals surface area contributed by atoms with Gasteiger partial charge in [-0.25, -0.2) is 13.1 Å². The Kier molecular flexibility index (Phi) is 9.22. The van der Waals surface area contributed by atoms with Crippen molar-refractivity contribution >= 4 is 60.9 Å². The van der Waals surface area contributed by atoms with Crippen molar-refractivity contribution in [2.75, 3.05) is 4.41 Å². The highest BCUT2D eigenvalue weighted by atomic mass is 35.5. The zero-order chi connectivity index (χ0) is 28.1. The molecule has 0 aliphatic carbocycles. The molecule has 3 rings (SSSR count). The molecule has 0 aliphatic rings. The van der Waals surface area contributed by atoms with Gasteiger partial charge in [0.2, 0.25) is 16.0 Å². The molecule has 0 spiro atoms. The van der Waals surface area contributed by atoms with Crippen molar-refractivity contribution in [3.05, 3.63) is 94.0 Å². The Morgan fingerprint density at radius 2 is 1.55 bits per heavy atom. The standard InChI is InChI=1S/C23H23Cl2N5O6S2/c24-19-10-5-11-20(25)18(19)14-37(33,34)29-21(13-22(31)32)15-6-4-7-16(12-15)30(28-23(26)27)38(35,36)17-8-2-1-3-9-17/h1-12,21,29H,13-14H2,(H,31,32)(H4,26,27,28). The zero-order valence-corrected chi connectivity index (χ0v) is 22.7. The average Bonchev–Trinajstić information content (AvgIpc) is 2.84. The lowest BCUT2D eigenvalue weighted by molar-refractivity contribution is -0.137. The Morgan fingerprint density at radius 1 is 0.947 bits per heavy atom. The zero-order valence-electron chi connectivity index (χ0n) is 19.5. The van der Waals surface area contributed by atoms with Crippen LogP contribution in [0.4, 0.5) is 5.69 Å². The second-order valence-corrected chi connectivity index (χ2v) is 12.2. The molecule has 0 saturated heterocycles. The van der Waals surface area contributed by atoms with Crippen LogP contribution < -0.4 is 20.6 Å². The first-order chi connectivity index (χ1) is 17.8. The molecule has 1 unspecified atom stereocenters. The van der Waals surface area contributed by atoms with E-state index in [-0.39, 0.29) is 31.8 Å². The van der Waals surface area contributed by atoms with E-state index >= 15 is 0 Å². The summed E-state index contributed by atoms with van der Waals surface area (Å²) in [5, 5.41) is 13.4. The van der Waals surface area contributed by atoms with E-state index in [1.54, 1.807) is 12.1 Å². The van der Waals surface area contributed by atoms with Crippen LogP contribution in [0.25, 0.3) is 0 Å². The Bertz CT molecular complexity index is 1540. The van der Waals surface area contributed by atoms with Crippen molar-refractivity contribution in [3.8, 4) is 0 Å². The summed E-state index contributed by atoms with van der Waals surface area (Å²) in [6.45, 7) is 0. The summed E-state index contributed by atoms with van der Waals surface area (Å²) >= 11 is 12.2. The van der Waals surface area contributed by atoms with Crippen LogP contribution in [0, 0.1) is 0 Å². The number of hydrazone groups is 1. The highest BCUT2D eigenvalue weighted by Crippen LogP contribution is 2.30. The predicted molar refractivity (Wildman–Crippen MR) is 146 cm³/mol. The largest absolute Gasteiger partial charge is 0.481 e. The van der Waals surface area contributed by atoms with E-state index in [4.69, 9.17) is 34.7 Å². The molecule has 0 bridgehead atoms. The number of hydrogen-bond donors (Lipinski definition) is 4. The fourth-order valence-electron chi connectivity index (χ4n) is 3.43. The number of halogens is 2. The van der Waals surface area contributed by atoms with Crippen LogP contribution in [-0.4, -0.2) is 33.9 Å². The van der Waals surface area contributed by atoms with Gasteiger partial charge in [-0.2, -0.15) is 12.8 Å². The van der Waals surface area contributed by atoms with Crippen molar-refractivity contribution in [2.24, 2.45) is 16.6 Å². The molecular formula is C23H23Cl2N5O6S2. The number of hydrogen-bond acceptors (Lipinski definition) is 6. The van der Waals surface area contributed by atoms with Gasteiger partial charge < -0.3 is 16.6 Å². The third kappa shape index (κ3) is 7.36. The molecule has 3 aromatic carbocycles. The van der Waals surface area contributed by atoms with Gasteiger partial charge in [0.25, 0.3) is 10.0 Å². The topological polar surface area (TPSA) is 185 Å². The second kappa shape index (κ2) is 12.0. The molecule has 6 N–H and O–H groups in total. The number of guanidine groups is 1. The van der Waals surface area contributed by atoms with E-state index < -0.39 is 50.2 Å². The molecule has 0 aliphatic heterocycles. The van der Waals surface area contributed by atoms with Gasteiger partial charge in [0.15, 0.2) is 0 Å². The van der Waals surface area contributed by atoms with E-state index in [2.05, 4.69) is 9.82 Å². The fourth-order valence-corrected chi connectivity index (χ4v) is 6.84. The number of carboxylic acid groups (broad SMARTS) is 1. The minimum absolute atomic E-state index is 0.0662. The number of carboxylic acids is 1. The minimum Gasteiger partial charge on any atom is -0.481 e. The van der Waals surface area contributed by atoms with Gasteiger partial charge >= 0.3 is 5.97 Å². The van der Waals surface area contributed by atoms with Gasteiger partial charge in [-0.05, 0) is 42.0 Å². The van der Waals surface area contributed by atoms with E-state index in [0.717, 1.165) is 0 Å². The maximum Gasteiger partial charge on any atom is 0.305 e. The number of aliphatic carboxylic acids is 1. The van der Waals surface area contributed by atoms with Gasteiger partial charge in [-0.3, -0.25) is 4.79 Å². The van der Waals surface area contributed by atoms with Crippen molar-refractivity contribution < 1.29 is 26.7 Å². The smallest absolute Gasteiger partial charge is 0.305 e. The molecule has 38 heavy (non-hydrogen) atoms. The number of nitrogens with two attached hydrogens (primary N) is 2.